The zero-order valence-corrected chi connectivity index (χ0v) is 16.3. The maximum Gasteiger partial charge on any atom is 0.293 e. The van der Waals surface area contributed by atoms with Gasteiger partial charge < -0.3 is 20.4 Å². The molecule has 2 aliphatic rings. The van der Waals surface area contributed by atoms with Gasteiger partial charge in [-0.1, -0.05) is 6.92 Å². The fourth-order valence-corrected chi connectivity index (χ4v) is 3.82. The molecule has 3 rings (SSSR count). The molecule has 1 aromatic rings. The van der Waals surface area contributed by atoms with Crippen LogP contribution in [0, 0.1) is 16.0 Å². The molecule has 0 aliphatic carbocycles. The minimum atomic E-state index is -0.448. The average Bonchev–Trinajstić information content (AvgIpc) is 2.69. The summed E-state index contributed by atoms with van der Waals surface area (Å²) in [6, 6.07) is 4.70. The Morgan fingerprint density at radius 1 is 1.25 bits per heavy atom. The predicted molar refractivity (Wildman–Crippen MR) is 105 cm³/mol. The van der Waals surface area contributed by atoms with Gasteiger partial charge in [-0.15, -0.1) is 0 Å². The lowest BCUT2D eigenvalue weighted by Gasteiger charge is -2.35. The Bertz CT molecular complexity index is 761. The SMILES string of the molecule is CC(=O)N1CCN(c2ccc(C(=O)NC3CCNCC3C)cc2[N+](=O)[O-])CC1. The number of rotatable bonds is 4. The van der Waals surface area contributed by atoms with Crippen LogP contribution in [0.3, 0.4) is 0 Å². The van der Waals surface area contributed by atoms with Crippen molar-refractivity contribution in [3.63, 3.8) is 0 Å². The number of amides is 2. The second kappa shape index (κ2) is 8.55. The number of benzene rings is 1. The van der Waals surface area contributed by atoms with Gasteiger partial charge in [-0.05, 0) is 37.6 Å². The molecule has 28 heavy (non-hydrogen) atoms. The number of nitro groups is 1. The van der Waals surface area contributed by atoms with Gasteiger partial charge in [0.05, 0.1) is 4.92 Å². The van der Waals surface area contributed by atoms with E-state index in [4.69, 9.17) is 0 Å². The minimum Gasteiger partial charge on any atom is -0.362 e. The highest BCUT2D eigenvalue weighted by Gasteiger charge is 2.27. The summed E-state index contributed by atoms with van der Waals surface area (Å²) in [4.78, 5) is 38.9. The lowest BCUT2D eigenvalue weighted by Crippen LogP contribution is -2.48. The zero-order valence-electron chi connectivity index (χ0n) is 16.3. The summed E-state index contributed by atoms with van der Waals surface area (Å²) in [5.74, 6) is 0.0349. The highest BCUT2D eigenvalue weighted by atomic mass is 16.6. The van der Waals surface area contributed by atoms with Gasteiger partial charge in [0, 0.05) is 50.8 Å². The van der Waals surface area contributed by atoms with Crippen molar-refractivity contribution in [1.29, 1.82) is 0 Å². The van der Waals surface area contributed by atoms with E-state index in [1.807, 2.05) is 4.90 Å². The molecule has 152 valence electrons. The Morgan fingerprint density at radius 2 is 1.96 bits per heavy atom. The molecule has 1 aromatic carbocycles. The van der Waals surface area contributed by atoms with Crippen molar-refractivity contribution in [3.8, 4) is 0 Å². The van der Waals surface area contributed by atoms with Crippen molar-refractivity contribution >= 4 is 23.2 Å². The quantitative estimate of drug-likeness (QED) is 0.587. The summed E-state index contributed by atoms with van der Waals surface area (Å²) >= 11 is 0. The van der Waals surface area contributed by atoms with E-state index in [9.17, 15) is 19.7 Å². The molecular formula is C19H27N5O4. The van der Waals surface area contributed by atoms with Gasteiger partial charge in [-0.3, -0.25) is 19.7 Å². The van der Waals surface area contributed by atoms with Crippen molar-refractivity contribution < 1.29 is 14.5 Å². The van der Waals surface area contributed by atoms with Crippen LogP contribution < -0.4 is 15.5 Å². The average molecular weight is 389 g/mol. The third kappa shape index (κ3) is 4.41. The summed E-state index contributed by atoms with van der Waals surface area (Å²) < 4.78 is 0. The number of carbonyl (C=O) groups excluding carboxylic acids is 2. The third-order valence-electron chi connectivity index (χ3n) is 5.60. The molecule has 2 heterocycles. The highest BCUT2D eigenvalue weighted by molar-refractivity contribution is 5.96. The number of piperazine rings is 1. The Labute approximate surface area is 164 Å². The van der Waals surface area contributed by atoms with Gasteiger partial charge >= 0.3 is 0 Å². The standard InChI is InChI=1S/C19H27N5O4/c1-13-12-20-6-5-16(13)21-19(26)15-3-4-17(18(11-15)24(27)28)23-9-7-22(8-10-23)14(2)25/h3-4,11,13,16,20H,5-10,12H2,1-2H3,(H,21,26). The van der Waals surface area contributed by atoms with E-state index in [0.717, 1.165) is 19.5 Å². The highest BCUT2D eigenvalue weighted by Crippen LogP contribution is 2.30. The number of piperidine rings is 1. The topological polar surface area (TPSA) is 108 Å². The summed E-state index contributed by atoms with van der Waals surface area (Å²) in [7, 11) is 0. The van der Waals surface area contributed by atoms with Crippen molar-refractivity contribution in [2.75, 3.05) is 44.2 Å². The largest absolute Gasteiger partial charge is 0.362 e. The summed E-state index contributed by atoms with van der Waals surface area (Å²) in [6.45, 7) is 7.40. The maximum atomic E-state index is 12.6. The van der Waals surface area contributed by atoms with E-state index in [1.165, 1.54) is 13.0 Å². The molecule has 2 aliphatic heterocycles. The first-order valence-electron chi connectivity index (χ1n) is 9.67. The van der Waals surface area contributed by atoms with E-state index < -0.39 is 4.92 Å². The number of hydrogen-bond acceptors (Lipinski definition) is 6. The third-order valence-corrected chi connectivity index (χ3v) is 5.60. The molecule has 2 saturated heterocycles. The van der Waals surface area contributed by atoms with Gasteiger partial charge in [-0.25, -0.2) is 0 Å². The van der Waals surface area contributed by atoms with Crippen molar-refractivity contribution in [2.24, 2.45) is 5.92 Å². The molecule has 9 heteroatoms. The molecule has 0 radical (unpaired) electrons. The first kappa shape index (κ1) is 20.1. The molecule has 2 atom stereocenters. The minimum absolute atomic E-state index is 0.00769. The van der Waals surface area contributed by atoms with Crippen molar-refractivity contribution in [1.82, 2.24) is 15.5 Å². The smallest absolute Gasteiger partial charge is 0.293 e. The Balaban J connectivity index is 1.75. The second-order valence-corrected chi connectivity index (χ2v) is 7.50. The molecule has 0 spiro atoms. The molecular weight excluding hydrogens is 362 g/mol. The number of nitro benzene ring substituents is 1. The molecule has 0 bridgehead atoms. The first-order valence-corrected chi connectivity index (χ1v) is 9.67. The Hall–Kier alpha value is -2.68. The van der Waals surface area contributed by atoms with Crippen molar-refractivity contribution in [3.05, 3.63) is 33.9 Å². The van der Waals surface area contributed by atoms with Gasteiger partial charge in [0.2, 0.25) is 5.91 Å². The van der Waals surface area contributed by atoms with Crippen LogP contribution in [-0.2, 0) is 4.79 Å². The molecule has 2 amide bonds. The molecule has 0 aromatic heterocycles. The van der Waals surface area contributed by atoms with Gasteiger partial charge in [0.25, 0.3) is 11.6 Å². The van der Waals surface area contributed by atoms with Crippen LogP contribution in [-0.4, -0.2) is 66.9 Å². The normalized spacial score (nSPS) is 22.6. The fraction of sp³-hybridized carbons (Fsp3) is 0.579. The summed E-state index contributed by atoms with van der Waals surface area (Å²) in [5.41, 5.74) is 0.700. The van der Waals surface area contributed by atoms with E-state index in [1.54, 1.807) is 17.0 Å². The monoisotopic (exact) mass is 389 g/mol. The molecule has 0 saturated carbocycles. The Morgan fingerprint density at radius 3 is 2.57 bits per heavy atom. The Kier molecular flexibility index (Phi) is 6.13. The summed E-state index contributed by atoms with van der Waals surface area (Å²) in [5, 5.41) is 17.9. The first-order chi connectivity index (χ1) is 13.4. The summed E-state index contributed by atoms with van der Waals surface area (Å²) in [6.07, 6.45) is 0.841. The molecule has 2 fully saturated rings. The van der Waals surface area contributed by atoms with E-state index >= 15 is 0 Å². The molecule has 9 nitrogen and oxygen atoms in total. The lowest BCUT2D eigenvalue weighted by atomic mass is 9.95. The van der Waals surface area contributed by atoms with Crippen LogP contribution in [0.2, 0.25) is 0 Å². The van der Waals surface area contributed by atoms with Crippen LogP contribution in [0.25, 0.3) is 0 Å². The number of anilines is 1. The van der Waals surface area contributed by atoms with E-state index in [2.05, 4.69) is 17.6 Å². The predicted octanol–water partition coefficient (Wildman–Crippen LogP) is 0.991. The van der Waals surface area contributed by atoms with Crippen LogP contribution in [0.4, 0.5) is 11.4 Å². The van der Waals surface area contributed by atoms with Gasteiger partial charge in [0.15, 0.2) is 0 Å². The van der Waals surface area contributed by atoms with Crippen LogP contribution in [0.15, 0.2) is 18.2 Å². The van der Waals surface area contributed by atoms with Crippen LogP contribution in [0.1, 0.15) is 30.6 Å². The molecule has 2 unspecified atom stereocenters. The number of carbonyl (C=O) groups is 2. The van der Waals surface area contributed by atoms with E-state index in [0.29, 0.717) is 43.3 Å². The lowest BCUT2D eigenvalue weighted by molar-refractivity contribution is -0.384. The van der Waals surface area contributed by atoms with Crippen LogP contribution in [0.5, 0.6) is 0 Å². The number of nitrogens with zero attached hydrogens (tertiary/aromatic N) is 3. The zero-order chi connectivity index (χ0) is 20.3. The number of nitrogens with one attached hydrogen (secondary N) is 2. The maximum absolute atomic E-state index is 12.6. The second-order valence-electron chi connectivity index (χ2n) is 7.50. The van der Waals surface area contributed by atoms with E-state index in [-0.39, 0.29) is 23.5 Å². The van der Waals surface area contributed by atoms with Crippen LogP contribution >= 0.6 is 0 Å². The number of hydrogen-bond donors (Lipinski definition) is 2. The van der Waals surface area contributed by atoms with Crippen molar-refractivity contribution in [2.45, 2.75) is 26.3 Å². The van der Waals surface area contributed by atoms with Gasteiger partial charge in [0.1, 0.15) is 5.69 Å². The van der Waals surface area contributed by atoms with Gasteiger partial charge in [-0.2, -0.15) is 0 Å². The molecule has 2 N–H and O–H groups in total. The fourth-order valence-electron chi connectivity index (χ4n) is 3.82.